The Morgan fingerprint density at radius 1 is 0.927 bits per heavy atom. The molecule has 0 aliphatic heterocycles. The third-order valence-electron chi connectivity index (χ3n) is 6.84. The Labute approximate surface area is 233 Å². The second-order valence-corrected chi connectivity index (χ2v) is 11.9. The number of hydrogen-bond acceptors (Lipinski definition) is 7. The van der Waals surface area contributed by atoms with E-state index in [1.54, 1.807) is 0 Å². The van der Waals surface area contributed by atoms with E-state index in [1.807, 2.05) is 43.3 Å². The van der Waals surface area contributed by atoms with Gasteiger partial charge in [-0.3, -0.25) is 0 Å². The molecule has 224 valence electrons. The summed E-state index contributed by atoms with van der Waals surface area (Å²) in [7, 11) is -0.741. The van der Waals surface area contributed by atoms with Crippen LogP contribution in [0.15, 0.2) is 47.4 Å². The highest BCUT2D eigenvalue weighted by Gasteiger charge is 2.36. The number of sulfonamides is 1. The van der Waals surface area contributed by atoms with Crippen molar-refractivity contribution in [2.24, 2.45) is 11.8 Å². The molecular formula is C26H29F6N5O3S. The molecule has 0 bridgehead atoms. The van der Waals surface area contributed by atoms with Gasteiger partial charge in [0.05, 0.1) is 16.0 Å². The topological polar surface area (TPSA) is 96.5 Å². The van der Waals surface area contributed by atoms with Gasteiger partial charge >= 0.3 is 12.5 Å². The van der Waals surface area contributed by atoms with E-state index < -0.39 is 38.8 Å². The Bertz CT molecular complexity index is 1470. The summed E-state index contributed by atoms with van der Waals surface area (Å²) < 4.78 is 109. The number of rotatable bonds is 9. The summed E-state index contributed by atoms with van der Waals surface area (Å²) in [4.78, 5) is 10.1. The average molecular weight is 606 g/mol. The summed E-state index contributed by atoms with van der Waals surface area (Å²) in [6.07, 6.45) is -7.53. The molecule has 1 aromatic heterocycles. The monoisotopic (exact) mass is 605 g/mol. The van der Waals surface area contributed by atoms with Crippen LogP contribution >= 0.6 is 0 Å². The number of nitrogens with one attached hydrogen (secondary N) is 2. The van der Waals surface area contributed by atoms with Crippen molar-refractivity contribution in [2.75, 3.05) is 37.4 Å². The van der Waals surface area contributed by atoms with Gasteiger partial charge in [-0.25, -0.2) is 18.1 Å². The maximum absolute atomic E-state index is 13.2. The van der Waals surface area contributed by atoms with E-state index in [0.717, 1.165) is 29.6 Å². The molecule has 1 aliphatic rings. The second-order valence-electron chi connectivity index (χ2n) is 10.1. The number of halogens is 6. The molecule has 1 aliphatic carbocycles. The normalized spacial score (nSPS) is 18.3. The number of anilines is 2. The summed E-state index contributed by atoms with van der Waals surface area (Å²) in [5.74, 6) is 0.194. The summed E-state index contributed by atoms with van der Waals surface area (Å²) >= 11 is 0. The molecule has 3 aromatic rings. The quantitative estimate of drug-likeness (QED) is 0.297. The fourth-order valence-electron chi connectivity index (χ4n) is 4.75. The Kier molecular flexibility index (Phi) is 8.87. The number of ether oxygens (including phenoxy) is 1. The highest BCUT2D eigenvalue weighted by Crippen LogP contribution is 2.36. The Morgan fingerprint density at radius 3 is 2.17 bits per heavy atom. The highest BCUT2D eigenvalue weighted by molar-refractivity contribution is 7.89. The maximum atomic E-state index is 13.2. The van der Waals surface area contributed by atoms with Crippen LogP contribution in [0.25, 0.3) is 10.9 Å². The van der Waals surface area contributed by atoms with Crippen LogP contribution in [-0.4, -0.2) is 51.9 Å². The van der Waals surface area contributed by atoms with Gasteiger partial charge in [0.2, 0.25) is 16.0 Å². The van der Waals surface area contributed by atoms with Crippen LogP contribution in [0.2, 0.25) is 0 Å². The van der Waals surface area contributed by atoms with Gasteiger partial charge in [-0.1, -0.05) is 12.1 Å². The van der Waals surface area contributed by atoms with E-state index in [4.69, 9.17) is 0 Å². The van der Waals surface area contributed by atoms with Crippen molar-refractivity contribution in [1.82, 2.24) is 14.7 Å². The van der Waals surface area contributed by atoms with Crippen molar-refractivity contribution < 1.29 is 39.5 Å². The first-order chi connectivity index (χ1) is 19.1. The Morgan fingerprint density at radius 2 is 1.56 bits per heavy atom. The first kappa shape index (κ1) is 30.6. The SMILES string of the molecule is CN(C)c1nc(NCC2CCC(CNS(=O)(=O)c3cc(OC(F)(F)F)cc(C(F)(F)F)c3)CC2)nc2ccccc12. The summed E-state index contributed by atoms with van der Waals surface area (Å²) in [6, 6.07) is 8.48. The van der Waals surface area contributed by atoms with Crippen LogP contribution < -0.4 is 19.7 Å². The second kappa shape index (κ2) is 11.9. The molecule has 0 unspecified atom stereocenters. The van der Waals surface area contributed by atoms with Crippen molar-refractivity contribution in [3.63, 3.8) is 0 Å². The van der Waals surface area contributed by atoms with E-state index >= 15 is 0 Å². The summed E-state index contributed by atoms with van der Waals surface area (Å²) in [6.45, 7) is 0.546. The van der Waals surface area contributed by atoms with Gasteiger partial charge in [-0.15, -0.1) is 13.2 Å². The highest BCUT2D eigenvalue weighted by atomic mass is 32.2. The van der Waals surface area contributed by atoms with E-state index in [9.17, 15) is 34.8 Å². The molecule has 0 saturated heterocycles. The first-order valence-corrected chi connectivity index (χ1v) is 14.2. The van der Waals surface area contributed by atoms with E-state index in [-0.39, 0.29) is 30.5 Å². The van der Waals surface area contributed by atoms with Gasteiger partial charge in [-0.2, -0.15) is 18.2 Å². The lowest BCUT2D eigenvalue weighted by Gasteiger charge is -2.29. The predicted molar refractivity (Wildman–Crippen MR) is 141 cm³/mol. The van der Waals surface area contributed by atoms with E-state index in [0.29, 0.717) is 31.4 Å². The van der Waals surface area contributed by atoms with Gasteiger partial charge in [0.25, 0.3) is 0 Å². The maximum Gasteiger partial charge on any atom is 0.573 e. The molecule has 0 radical (unpaired) electrons. The third kappa shape index (κ3) is 8.12. The largest absolute Gasteiger partial charge is 0.573 e. The lowest BCUT2D eigenvalue weighted by molar-refractivity contribution is -0.274. The number of alkyl halides is 6. The molecule has 2 aromatic carbocycles. The molecule has 2 N–H and O–H groups in total. The van der Waals surface area contributed by atoms with Gasteiger partial charge in [0.1, 0.15) is 11.6 Å². The zero-order valence-corrected chi connectivity index (χ0v) is 23.0. The first-order valence-electron chi connectivity index (χ1n) is 12.8. The molecule has 8 nitrogen and oxygen atoms in total. The molecule has 1 heterocycles. The lowest BCUT2D eigenvalue weighted by atomic mass is 9.82. The number of hydrogen-bond donors (Lipinski definition) is 2. The van der Waals surface area contributed by atoms with Gasteiger partial charge < -0.3 is 15.0 Å². The molecule has 4 rings (SSSR count). The van der Waals surface area contributed by atoms with Gasteiger partial charge in [0, 0.05) is 38.6 Å². The Balaban J connectivity index is 1.34. The smallest absolute Gasteiger partial charge is 0.406 e. The number of para-hydroxylation sites is 1. The molecule has 1 saturated carbocycles. The minimum Gasteiger partial charge on any atom is -0.406 e. The number of nitrogens with zero attached hydrogens (tertiary/aromatic N) is 3. The molecule has 15 heteroatoms. The molecule has 0 atom stereocenters. The third-order valence-corrected chi connectivity index (χ3v) is 8.24. The molecular weight excluding hydrogens is 576 g/mol. The number of benzene rings is 2. The zero-order valence-electron chi connectivity index (χ0n) is 22.2. The van der Waals surface area contributed by atoms with Crippen LogP contribution in [0.4, 0.5) is 38.1 Å². The standard InChI is InChI=1S/C26H29F6N5O3S/c1-37(2)23-21-5-3-4-6-22(21)35-24(36-23)33-14-16-7-9-17(10-8-16)15-34-41(38,39)20-12-18(25(27,28)29)11-19(13-20)40-26(30,31)32/h3-6,11-13,16-17,34H,7-10,14-15H2,1-2H3,(H,33,35,36). The number of fused-ring (bicyclic) bond motifs is 1. The summed E-state index contributed by atoms with van der Waals surface area (Å²) in [5.41, 5.74) is -0.761. The van der Waals surface area contributed by atoms with Crippen LogP contribution in [-0.2, 0) is 16.2 Å². The number of aromatic nitrogens is 2. The molecule has 0 spiro atoms. The predicted octanol–water partition coefficient (Wildman–Crippen LogP) is 5.81. The fourth-order valence-corrected chi connectivity index (χ4v) is 5.92. The average Bonchev–Trinajstić information content (AvgIpc) is 2.89. The zero-order chi connectivity index (χ0) is 30.0. The van der Waals surface area contributed by atoms with Crippen molar-refractivity contribution in [1.29, 1.82) is 0 Å². The molecule has 41 heavy (non-hydrogen) atoms. The van der Waals surface area contributed by atoms with Crippen molar-refractivity contribution in [3.8, 4) is 5.75 Å². The van der Waals surface area contributed by atoms with Gasteiger partial charge in [-0.05, 0) is 61.8 Å². The minimum atomic E-state index is -5.29. The van der Waals surface area contributed by atoms with E-state index in [1.165, 1.54) is 0 Å². The van der Waals surface area contributed by atoms with Gasteiger partial charge in [0.15, 0.2) is 0 Å². The van der Waals surface area contributed by atoms with E-state index in [2.05, 4.69) is 24.7 Å². The van der Waals surface area contributed by atoms with Crippen LogP contribution in [0.1, 0.15) is 31.2 Å². The summed E-state index contributed by atoms with van der Waals surface area (Å²) in [5, 5.41) is 4.22. The molecule has 1 fully saturated rings. The fraction of sp³-hybridized carbons (Fsp3) is 0.462. The van der Waals surface area contributed by atoms with Crippen LogP contribution in [0.3, 0.4) is 0 Å². The van der Waals surface area contributed by atoms with Crippen molar-refractivity contribution >= 4 is 32.7 Å². The van der Waals surface area contributed by atoms with Crippen LogP contribution in [0, 0.1) is 11.8 Å². The van der Waals surface area contributed by atoms with Crippen molar-refractivity contribution in [2.45, 2.75) is 43.1 Å². The Hall–Kier alpha value is -3.33. The van der Waals surface area contributed by atoms with Crippen molar-refractivity contribution in [3.05, 3.63) is 48.0 Å². The van der Waals surface area contributed by atoms with Crippen LogP contribution in [0.5, 0.6) is 5.75 Å². The lowest BCUT2D eigenvalue weighted by Crippen LogP contribution is -2.32. The molecule has 0 amide bonds. The minimum absolute atomic E-state index is 0.0613.